The van der Waals surface area contributed by atoms with E-state index in [1.807, 2.05) is 0 Å². The van der Waals surface area contributed by atoms with Gasteiger partial charge in [0.1, 0.15) is 5.82 Å². The molecule has 2 nitrogen and oxygen atoms in total. The van der Waals surface area contributed by atoms with Crippen LogP contribution in [0.25, 0.3) is 0 Å². The van der Waals surface area contributed by atoms with E-state index in [0.29, 0.717) is 12.3 Å². The highest BCUT2D eigenvalue weighted by atomic mass is 32.2. The van der Waals surface area contributed by atoms with Gasteiger partial charge in [-0.25, -0.2) is 13.8 Å². The number of pyridine rings is 1. The van der Waals surface area contributed by atoms with E-state index in [-0.39, 0.29) is 5.82 Å². The lowest BCUT2D eigenvalue weighted by molar-refractivity contribution is 0.576. The Morgan fingerprint density at radius 3 is 3.00 bits per heavy atom. The third-order valence-corrected chi connectivity index (χ3v) is 2.40. The van der Waals surface area contributed by atoms with Crippen LogP contribution in [0.4, 0.5) is 14.6 Å². The van der Waals surface area contributed by atoms with Crippen LogP contribution in [0.5, 0.6) is 0 Å². The van der Waals surface area contributed by atoms with Crippen molar-refractivity contribution < 1.29 is 8.78 Å². The second-order valence-electron chi connectivity index (χ2n) is 2.67. The molecule has 0 unspecified atom stereocenters. The lowest BCUT2D eigenvalue weighted by Gasteiger charge is -2.05. The molecule has 0 aliphatic carbocycles. The third-order valence-electron chi connectivity index (χ3n) is 1.53. The molecule has 0 atom stereocenters. The van der Waals surface area contributed by atoms with Gasteiger partial charge in [-0.3, -0.25) is 0 Å². The normalized spacial score (nSPS) is 9.67. The average molecular weight is 228 g/mol. The zero-order valence-corrected chi connectivity index (χ0v) is 8.78. The van der Waals surface area contributed by atoms with Crippen molar-refractivity contribution >= 4 is 17.6 Å². The van der Waals surface area contributed by atoms with Gasteiger partial charge >= 0.3 is 0 Å². The van der Waals surface area contributed by atoms with E-state index in [2.05, 4.69) is 16.2 Å². The smallest absolute Gasteiger partial charge is 0.168 e. The summed E-state index contributed by atoms with van der Waals surface area (Å²) >= 11 is 1.56. The maximum atomic E-state index is 13.0. The van der Waals surface area contributed by atoms with Crippen LogP contribution in [0, 0.1) is 24.0 Å². The van der Waals surface area contributed by atoms with Crippen LogP contribution in [0.3, 0.4) is 0 Å². The van der Waals surface area contributed by atoms with Crippen molar-refractivity contribution in [1.82, 2.24) is 4.98 Å². The van der Waals surface area contributed by atoms with Gasteiger partial charge in [0.2, 0.25) is 0 Å². The molecule has 15 heavy (non-hydrogen) atoms. The molecule has 0 aromatic carbocycles. The summed E-state index contributed by atoms with van der Waals surface area (Å²) in [6.45, 7) is 0.544. The van der Waals surface area contributed by atoms with E-state index in [1.165, 1.54) is 0 Å². The summed E-state index contributed by atoms with van der Waals surface area (Å²) in [5.74, 6) is 2.56. The van der Waals surface area contributed by atoms with Crippen molar-refractivity contribution in [2.45, 2.75) is 0 Å². The number of nitrogens with zero attached hydrogens (tertiary/aromatic N) is 1. The van der Waals surface area contributed by atoms with Crippen molar-refractivity contribution in [2.24, 2.45) is 0 Å². The number of nitrogens with one attached hydrogen (secondary N) is 1. The maximum Gasteiger partial charge on any atom is 0.168 e. The number of aromatic nitrogens is 1. The molecule has 0 aliphatic heterocycles. The van der Waals surface area contributed by atoms with E-state index < -0.39 is 11.6 Å². The first kappa shape index (κ1) is 11.8. The Kier molecular flexibility index (Phi) is 4.91. The fourth-order valence-electron chi connectivity index (χ4n) is 0.917. The first-order valence-corrected chi connectivity index (χ1v) is 5.45. The van der Waals surface area contributed by atoms with Crippen molar-refractivity contribution in [2.75, 3.05) is 23.4 Å². The Hall–Kier alpha value is -1.28. The van der Waals surface area contributed by atoms with Gasteiger partial charge < -0.3 is 5.32 Å². The molecular weight excluding hydrogens is 218 g/mol. The molecule has 0 saturated carbocycles. The highest BCUT2D eigenvalue weighted by Gasteiger charge is 2.03. The highest BCUT2D eigenvalue weighted by Crippen LogP contribution is 2.11. The highest BCUT2D eigenvalue weighted by molar-refractivity contribution is 7.99. The molecule has 0 amide bonds. The summed E-state index contributed by atoms with van der Waals surface area (Å²) < 4.78 is 25.5. The van der Waals surface area contributed by atoms with Crippen molar-refractivity contribution in [3.63, 3.8) is 0 Å². The Balaban J connectivity index is 2.35. The van der Waals surface area contributed by atoms with E-state index in [0.717, 1.165) is 18.0 Å². The Morgan fingerprint density at radius 2 is 2.33 bits per heavy atom. The summed E-state index contributed by atoms with van der Waals surface area (Å²) in [4.78, 5) is 3.58. The fourth-order valence-corrected chi connectivity index (χ4v) is 1.43. The molecule has 0 spiro atoms. The van der Waals surface area contributed by atoms with Crippen molar-refractivity contribution in [1.29, 1.82) is 0 Å². The van der Waals surface area contributed by atoms with Crippen LogP contribution in [0.15, 0.2) is 12.3 Å². The summed E-state index contributed by atoms with van der Waals surface area (Å²) in [6, 6.07) is 0.796. The van der Waals surface area contributed by atoms with Gasteiger partial charge in [0.25, 0.3) is 0 Å². The predicted octanol–water partition coefficient (Wildman–Crippen LogP) is 2.14. The van der Waals surface area contributed by atoms with Crippen LogP contribution >= 0.6 is 11.8 Å². The van der Waals surface area contributed by atoms with Gasteiger partial charge in [-0.05, 0) is 0 Å². The monoisotopic (exact) mass is 228 g/mol. The molecule has 80 valence electrons. The van der Waals surface area contributed by atoms with E-state index in [1.54, 1.807) is 11.8 Å². The number of halogens is 2. The Labute approximate surface area is 91.5 Å². The van der Waals surface area contributed by atoms with E-state index in [9.17, 15) is 8.78 Å². The van der Waals surface area contributed by atoms with Gasteiger partial charge in [0, 0.05) is 18.4 Å². The minimum atomic E-state index is -0.683. The van der Waals surface area contributed by atoms with Gasteiger partial charge in [0.15, 0.2) is 11.6 Å². The largest absolute Gasteiger partial charge is 0.367 e. The molecule has 1 rings (SSSR count). The number of terminal acetylenes is 1. The van der Waals surface area contributed by atoms with E-state index >= 15 is 0 Å². The maximum absolute atomic E-state index is 13.0. The molecule has 0 bridgehead atoms. The predicted molar refractivity (Wildman–Crippen MR) is 58.8 cm³/mol. The number of hydrogen-bond donors (Lipinski definition) is 1. The molecule has 0 fully saturated rings. The van der Waals surface area contributed by atoms with Gasteiger partial charge in [-0.15, -0.1) is 18.2 Å². The van der Waals surface area contributed by atoms with Crippen LogP contribution in [0.1, 0.15) is 0 Å². The zero-order valence-electron chi connectivity index (χ0n) is 7.96. The summed E-state index contributed by atoms with van der Waals surface area (Å²) in [7, 11) is 0. The van der Waals surface area contributed by atoms with Gasteiger partial charge in [-0.1, -0.05) is 5.92 Å². The first-order chi connectivity index (χ1) is 7.24. The molecule has 1 aromatic heterocycles. The molecule has 0 saturated heterocycles. The molecule has 1 N–H and O–H groups in total. The molecule has 5 heteroatoms. The molecule has 1 aromatic rings. The molecule has 0 radical (unpaired) electrons. The quantitative estimate of drug-likeness (QED) is 0.617. The second kappa shape index (κ2) is 6.25. The minimum absolute atomic E-state index is 0.0673. The number of rotatable bonds is 5. The SMILES string of the molecule is C#CCSCCNc1ncc(F)cc1F. The standard InChI is InChI=1S/C10H10F2N2S/c1-2-4-15-5-3-13-10-9(12)6-8(11)7-14-10/h1,6-7H,3-5H2,(H,13,14). The van der Waals surface area contributed by atoms with E-state index in [4.69, 9.17) is 6.42 Å². The van der Waals surface area contributed by atoms with Crippen LogP contribution in [-0.2, 0) is 0 Å². The second-order valence-corrected chi connectivity index (χ2v) is 3.77. The first-order valence-electron chi connectivity index (χ1n) is 4.30. The molecule has 1 heterocycles. The lowest BCUT2D eigenvalue weighted by atomic mass is 10.4. The number of thioether (sulfide) groups is 1. The Bertz CT molecular complexity index is 363. The fraction of sp³-hybridized carbons (Fsp3) is 0.300. The molecule has 0 aliphatic rings. The van der Waals surface area contributed by atoms with Crippen LogP contribution < -0.4 is 5.32 Å². The minimum Gasteiger partial charge on any atom is -0.367 e. The average Bonchev–Trinajstić information content (AvgIpc) is 2.20. The number of anilines is 1. The topological polar surface area (TPSA) is 24.9 Å². The summed E-state index contributed by atoms with van der Waals surface area (Å²) in [6.07, 6.45) is 6.03. The summed E-state index contributed by atoms with van der Waals surface area (Å²) in [5, 5.41) is 2.76. The van der Waals surface area contributed by atoms with Gasteiger partial charge in [0.05, 0.1) is 11.9 Å². The van der Waals surface area contributed by atoms with Crippen molar-refractivity contribution in [3.8, 4) is 12.3 Å². The zero-order chi connectivity index (χ0) is 11.1. The van der Waals surface area contributed by atoms with Crippen LogP contribution in [0.2, 0.25) is 0 Å². The van der Waals surface area contributed by atoms with Crippen molar-refractivity contribution in [3.05, 3.63) is 23.9 Å². The van der Waals surface area contributed by atoms with Gasteiger partial charge in [-0.2, -0.15) is 0 Å². The summed E-state index contributed by atoms with van der Waals surface area (Å²) in [5.41, 5.74) is 0. The van der Waals surface area contributed by atoms with Crippen LogP contribution in [-0.4, -0.2) is 23.0 Å². The number of hydrogen-bond acceptors (Lipinski definition) is 3. The Morgan fingerprint density at radius 1 is 1.53 bits per heavy atom. The molecular formula is C10H10F2N2S. The third kappa shape index (κ3) is 4.17. The lowest BCUT2D eigenvalue weighted by Crippen LogP contribution is -2.07.